The number of fused-ring (bicyclic) bond motifs is 6. The van der Waals surface area contributed by atoms with Crippen LogP contribution in [0, 0.1) is 0 Å². The van der Waals surface area contributed by atoms with Gasteiger partial charge >= 0.3 is 11.3 Å². The molecule has 3 aromatic heterocycles. The third kappa shape index (κ3) is 3.80. The number of para-hydroxylation sites is 2. The van der Waals surface area contributed by atoms with Crippen molar-refractivity contribution in [3.63, 3.8) is 0 Å². The summed E-state index contributed by atoms with van der Waals surface area (Å²) in [5.74, 6) is 0.906. The number of pyridine rings is 1. The molecule has 0 amide bonds. The number of benzene rings is 3. The summed E-state index contributed by atoms with van der Waals surface area (Å²) in [6, 6.07) is 25.2. The van der Waals surface area contributed by atoms with Crippen LogP contribution in [0.2, 0.25) is 0 Å². The van der Waals surface area contributed by atoms with Crippen molar-refractivity contribution < 1.29 is 23.0 Å². The van der Waals surface area contributed by atoms with Crippen molar-refractivity contribution in [1.82, 2.24) is 4.98 Å². The molecular weight excluding hydrogens is 510 g/mol. The summed E-state index contributed by atoms with van der Waals surface area (Å²) < 4.78 is 29.3. The summed E-state index contributed by atoms with van der Waals surface area (Å²) >= 11 is 0. The van der Waals surface area contributed by atoms with E-state index in [9.17, 15) is 9.59 Å². The first-order valence-electron chi connectivity index (χ1n) is 12.6. The van der Waals surface area contributed by atoms with E-state index in [2.05, 4.69) is 4.98 Å². The van der Waals surface area contributed by atoms with Crippen molar-refractivity contribution in [1.29, 1.82) is 0 Å². The Morgan fingerprint density at radius 1 is 0.775 bits per heavy atom. The molecule has 0 spiro atoms. The maximum atomic E-state index is 13.5. The Hall–Kier alpha value is -5.37. The second-order valence-electron chi connectivity index (χ2n) is 9.32. The normalized spacial score (nSPS) is 12.5. The molecule has 0 bridgehead atoms. The van der Waals surface area contributed by atoms with Crippen molar-refractivity contribution in [2.24, 2.45) is 0 Å². The molecule has 196 valence electrons. The molecule has 0 radical (unpaired) electrons. The van der Waals surface area contributed by atoms with Crippen LogP contribution >= 0.6 is 0 Å². The van der Waals surface area contributed by atoms with Gasteiger partial charge in [-0.1, -0.05) is 36.4 Å². The molecule has 8 heteroatoms. The molecule has 0 N–H and O–H groups in total. The summed E-state index contributed by atoms with van der Waals surface area (Å²) in [7, 11) is 1.57. The lowest BCUT2D eigenvalue weighted by Crippen LogP contribution is -2.26. The fourth-order valence-electron chi connectivity index (χ4n) is 5.24. The van der Waals surface area contributed by atoms with Gasteiger partial charge in [-0.15, -0.1) is 0 Å². The van der Waals surface area contributed by atoms with E-state index >= 15 is 0 Å². The van der Waals surface area contributed by atoms with Gasteiger partial charge < -0.3 is 23.0 Å². The van der Waals surface area contributed by atoms with Crippen LogP contribution in [0.3, 0.4) is 0 Å². The quantitative estimate of drug-likeness (QED) is 0.243. The fraction of sp³-hybridized carbons (Fsp3) is 0.0938. The van der Waals surface area contributed by atoms with Gasteiger partial charge in [0.15, 0.2) is 0 Å². The van der Waals surface area contributed by atoms with Gasteiger partial charge in [-0.25, -0.2) is 14.6 Å². The number of aromatic nitrogens is 1. The van der Waals surface area contributed by atoms with Crippen LogP contribution in [-0.4, -0.2) is 12.1 Å². The molecule has 0 unspecified atom stereocenters. The van der Waals surface area contributed by atoms with Crippen LogP contribution in [-0.2, 0) is 6.61 Å². The summed E-state index contributed by atoms with van der Waals surface area (Å²) in [6.45, 7) is 0.148. The van der Waals surface area contributed by atoms with Gasteiger partial charge in [0.25, 0.3) is 0 Å². The van der Waals surface area contributed by atoms with Crippen LogP contribution in [0.1, 0.15) is 28.2 Å². The third-order valence-corrected chi connectivity index (χ3v) is 7.03. The topological polar surface area (TPSA) is 101 Å². The summed E-state index contributed by atoms with van der Waals surface area (Å²) in [4.78, 5) is 31.3. The zero-order valence-electron chi connectivity index (χ0n) is 21.2. The average Bonchev–Trinajstić information content (AvgIpc) is 2.99. The van der Waals surface area contributed by atoms with E-state index in [-0.39, 0.29) is 17.7 Å². The lowest BCUT2D eigenvalue weighted by molar-refractivity contribution is 0.285. The van der Waals surface area contributed by atoms with E-state index in [1.54, 1.807) is 55.8 Å². The molecule has 0 atom stereocenters. The molecule has 3 aromatic carbocycles. The molecule has 1 aliphatic rings. The zero-order valence-corrected chi connectivity index (χ0v) is 21.2. The fourth-order valence-corrected chi connectivity index (χ4v) is 5.24. The van der Waals surface area contributed by atoms with Crippen molar-refractivity contribution >= 4 is 21.9 Å². The molecule has 1 aliphatic heterocycles. The molecule has 0 saturated carbocycles. The second-order valence-corrected chi connectivity index (χ2v) is 9.32. The maximum absolute atomic E-state index is 13.5. The van der Waals surface area contributed by atoms with E-state index in [1.807, 2.05) is 42.5 Å². The number of rotatable bonds is 5. The predicted molar refractivity (Wildman–Crippen MR) is 148 cm³/mol. The highest BCUT2D eigenvalue weighted by Gasteiger charge is 2.38. The van der Waals surface area contributed by atoms with Crippen LogP contribution in [0.4, 0.5) is 0 Å². The minimum atomic E-state index is -0.833. The van der Waals surface area contributed by atoms with E-state index in [4.69, 9.17) is 23.0 Å². The standard InChI is InChI=1S/C32H21NO7/c1-36-22-14-13-18(16-19(22)17-37-25-12-6-7-15-33-25)26-27-29(20-8-2-4-10-23(20)38-31(27)34)40-30-21-9-3-5-11-24(21)39-32(35)28(26)30/h2-16,26H,17H2,1H3. The van der Waals surface area contributed by atoms with Crippen LogP contribution in [0.25, 0.3) is 21.9 Å². The van der Waals surface area contributed by atoms with Crippen LogP contribution in [0.5, 0.6) is 23.1 Å². The molecule has 0 aliphatic carbocycles. The maximum Gasteiger partial charge on any atom is 0.344 e. The Bertz CT molecular complexity index is 1930. The molecule has 0 fully saturated rings. The molecule has 40 heavy (non-hydrogen) atoms. The highest BCUT2D eigenvalue weighted by atomic mass is 16.5. The van der Waals surface area contributed by atoms with Crippen molar-refractivity contribution in [2.45, 2.75) is 12.5 Å². The first-order chi connectivity index (χ1) is 19.6. The van der Waals surface area contributed by atoms with Crippen molar-refractivity contribution in [3.8, 4) is 23.1 Å². The van der Waals surface area contributed by atoms with Gasteiger partial charge in [0.1, 0.15) is 35.0 Å². The van der Waals surface area contributed by atoms with Gasteiger partial charge in [-0.3, -0.25) is 0 Å². The van der Waals surface area contributed by atoms with Crippen LogP contribution in [0.15, 0.2) is 110 Å². The number of hydrogen-bond donors (Lipinski definition) is 0. The van der Waals surface area contributed by atoms with E-state index < -0.39 is 17.2 Å². The Kier molecular flexibility index (Phi) is 5.59. The van der Waals surface area contributed by atoms with E-state index in [0.29, 0.717) is 56.2 Å². The smallest absolute Gasteiger partial charge is 0.344 e. The third-order valence-electron chi connectivity index (χ3n) is 7.03. The Morgan fingerprint density at radius 3 is 2.00 bits per heavy atom. The largest absolute Gasteiger partial charge is 0.496 e. The van der Waals surface area contributed by atoms with Gasteiger partial charge in [0.05, 0.1) is 34.9 Å². The molecule has 8 nitrogen and oxygen atoms in total. The first-order valence-corrected chi connectivity index (χ1v) is 12.6. The highest BCUT2D eigenvalue weighted by molar-refractivity contribution is 5.90. The van der Waals surface area contributed by atoms with Gasteiger partial charge in [-0.2, -0.15) is 0 Å². The number of hydrogen-bond acceptors (Lipinski definition) is 8. The SMILES string of the molecule is COc1ccc(C2c3c(c4ccccc4oc3=O)Oc3c2c(=O)oc2ccccc32)cc1COc1ccccn1. The van der Waals surface area contributed by atoms with E-state index in [0.717, 1.165) is 0 Å². The summed E-state index contributed by atoms with van der Waals surface area (Å²) in [5, 5.41) is 1.24. The monoisotopic (exact) mass is 531 g/mol. The predicted octanol–water partition coefficient (Wildman–Crippen LogP) is 6.17. The highest BCUT2D eigenvalue weighted by Crippen LogP contribution is 2.49. The molecule has 0 saturated heterocycles. The number of nitrogens with zero attached hydrogens (tertiary/aromatic N) is 1. The van der Waals surface area contributed by atoms with Crippen molar-refractivity contribution in [2.75, 3.05) is 7.11 Å². The molecule has 6 aromatic rings. The number of methoxy groups -OCH3 is 1. The van der Waals surface area contributed by atoms with Gasteiger partial charge in [0.2, 0.25) is 5.88 Å². The first kappa shape index (κ1) is 23.7. The Labute approximate surface area is 227 Å². The molecule has 4 heterocycles. The second kappa shape index (κ2) is 9.43. The number of ether oxygens (including phenoxy) is 3. The van der Waals surface area contributed by atoms with Crippen LogP contribution < -0.4 is 25.5 Å². The zero-order chi connectivity index (χ0) is 27.2. The van der Waals surface area contributed by atoms with Gasteiger partial charge in [-0.05, 0) is 48.0 Å². The van der Waals surface area contributed by atoms with E-state index in [1.165, 1.54) is 0 Å². The minimum Gasteiger partial charge on any atom is -0.496 e. The summed E-state index contributed by atoms with van der Waals surface area (Å²) in [6.07, 6.45) is 1.64. The van der Waals surface area contributed by atoms with Crippen molar-refractivity contribution in [3.05, 3.63) is 134 Å². The average molecular weight is 532 g/mol. The van der Waals surface area contributed by atoms with Gasteiger partial charge in [0, 0.05) is 17.8 Å². The lowest BCUT2D eigenvalue weighted by atomic mass is 9.82. The molecule has 7 rings (SSSR count). The minimum absolute atomic E-state index is 0.148. The molecular formula is C32H21NO7. The summed E-state index contributed by atoms with van der Waals surface area (Å²) in [5.41, 5.74) is 1.37. The Morgan fingerprint density at radius 2 is 1.40 bits per heavy atom. The lowest BCUT2D eigenvalue weighted by Gasteiger charge is -2.28. The Balaban J connectivity index is 1.48.